The first-order valence-electron chi connectivity index (χ1n) is 8.91. The lowest BCUT2D eigenvalue weighted by molar-refractivity contribution is -0.137. The highest BCUT2D eigenvalue weighted by Crippen LogP contribution is 2.36. The Morgan fingerprint density at radius 3 is 2.50 bits per heavy atom. The van der Waals surface area contributed by atoms with E-state index in [1.807, 2.05) is 18.2 Å². The summed E-state index contributed by atoms with van der Waals surface area (Å²) in [5.41, 5.74) is 0.569. The second-order valence-electron chi connectivity index (χ2n) is 6.39. The summed E-state index contributed by atoms with van der Waals surface area (Å²) < 4.78 is 40.7. The van der Waals surface area contributed by atoms with Gasteiger partial charge in [-0.3, -0.25) is 9.20 Å². The van der Waals surface area contributed by atoms with E-state index in [2.05, 4.69) is 15.5 Å². The van der Waals surface area contributed by atoms with Crippen LogP contribution in [0.25, 0.3) is 5.65 Å². The van der Waals surface area contributed by atoms with Crippen molar-refractivity contribution in [3.63, 3.8) is 0 Å². The van der Waals surface area contributed by atoms with Crippen molar-refractivity contribution in [2.24, 2.45) is 0 Å². The van der Waals surface area contributed by atoms with Gasteiger partial charge in [0.15, 0.2) is 10.8 Å². The molecule has 2 aromatic heterocycles. The Labute approximate surface area is 173 Å². The maximum absolute atomic E-state index is 13.1. The smallest absolute Gasteiger partial charge is 0.325 e. The molecule has 2 heterocycles. The number of carbonyl (C=O) groups is 1. The first-order chi connectivity index (χ1) is 14.4. The minimum atomic E-state index is -4.49. The van der Waals surface area contributed by atoms with Gasteiger partial charge in [-0.2, -0.15) is 13.2 Å². The van der Waals surface area contributed by atoms with Crippen molar-refractivity contribution >= 4 is 29.0 Å². The Bertz CT molecular complexity index is 1180. The minimum Gasteiger partial charge on any atom is -0.325 e. The van der Waals surface area contributed by atoms with Crippen LogP contribution in [0.4, 0.5) is 18.9 Å². The van der Waals surface area contributed by atoms with Crippen molar-refractivity contribution in [1.82, 2.24) is 14.6 Å². The zero-order valence-electron chi connectivity index (χ0n) is 15.4. The zero-order chi connectivity index (χ0) is 21.1. The summed E-state index contributed by atoms with van der Waals surface area (Å²) in [7, 11) is 0. The molecule has 0 aliphatic heterocycles. The highest BCUT2D eigenvalue weighted by Gasteiger charge is 2.31. The van der Waals surface area contributed by atoms with Crippen LogP contribution in [0, 0.1) is 0 Å². The van der Waals surface area contributed by atoms with Gasteiger partial charge in [0.2, 0.25) is 5.91 Å². The maximum atomic E-state index is 13.1. The normalized spacial score (nSPS) is 12.6. The molecular formula is C21H15F3N4OS. The fourth-order valence-corrected chi connectivity index (χ4v) is 3.91. The van der Waals surface area contributed by atoms with E-state index in [0.29, 0.717) is 16.4 Å². The van der Waals surface area contributed by atoms with E-state index in [0.717, 1.165) is 12.1 Å². The number of hydrogen-bond acceptors (Lipinski definition) is 4. The summed E-state index contributed by atoms with van der Waals surface area (Å²) in [6, 6.07) is 19.0. The lowest BCUT2D eigenvalue weighted by Crippen LogP contribution is -2.19. The number of hydrogen-bond donors (Lipinski definition) is 1. The highest BCUT2D eigenvalue weighted by atomic mass is 32.2. The summed E-state index contributed by atoms with van der Waals surface area (Å²) in [4.78, 5) is 13.1. The van der Waals surface area contributed by atoms with Gasteiger partial charge in [-0.1, -0.05) is 54.2 Å². The van der Waals surface area contributed by atoms with Crippen LogP contribution in [0.3, 0.4) is 0 Å². The van der Waals surface area contributed by atoms with Gasteiger partial charge in [0.1, 0.15) is 5.25 Å². The Morgan fingerprint density at radius 2 is 1.73 bits per heavy atom. The average Bonchev–Trinajstić information content (AvgIpc) is 3.15. The van der Waals surface area contributed by atoms with Crippen molar-refractivity contribution in [1.29, 1.82) is 0 Å². The molecular weight excluding hydrogens is 413 g/mol. The van der Waals surface area contributed by atoms with Crippen LogP contribution >= 0.6 is 11.8 Å². The van der Waals surface area contributed by atoms with Crippen LogP contribution in [0.1, 0.15) is 16.4 Å². The summed E-state index contributed by atoms with van der Waals surface area (Å²) in [5.74, 6) is -0.460. The second kappa shape index (κ2) is 8.19. The molecule has 4 rings (SSSR count). The van der Waals surface area contributed by atoms with Crippen LogP contribution in [0.2, 0.25) is 0 Å². The van der Waals surface area contributed by atoms with E-state index in [4.69, 9.17) is 0 Å². The monoisotopic (exact) mass is 428 g/mol. The number of nitrogens with zero attached hydrogens (tertiary/aromatic N) is 3. The molecule has 4 aromatic rings. The molecule has 0 aliphatic rings. The molecule has 0 aliphatic carbocycles. The van der Waals surface area contributed by atoms with E-state index < -0.39 is 22.9 Å². The fraction of sp³-hybridized carbons (Fsp3) is 0.0952. The summed E-state index contributed by atoms with van der Waals surface area (Å²) >= 11 is 1.17. The number of pyridine rings is 1. The molecule has 0 saturated carbocycles. The van der Waals surface area contributed by atoms with E-state index in [1.165, 1.54) is 23.9 Å². The Kier molecular flexibility index (Phi) is 5.45. The largest absolute Gasteiger partial charge is 0.416 e. The van der Waals surface area contributed by atoms with Gasteiger partial charge in [-0.25, -0.2) is 0 Å². The van der Waals surface area contributed by atoms with Gasteiger partial charge in [0.25, 0.3) is 0 Å². The standard InChI is InChI=1S/C21H15F3N4OS/c22-21(23,24)15-9-6-10-16(13-15)25-19(29)18(14-7-2-1-3-8-14)30-20-27-26-17-11-4-5-12-28(17)20/h1-13,18H,(H,25,29)/t18-/m1/s1. The van der Waals surface area contributed by atoms with Gasteiger partial charge in [0, 0.05) is 11.9 Å². The van der Waals surface area contributed by atoms with Gasteiger partial charge in [0.05, 0.1) is 5.56 Å². The Balaban J connectivity index is 1.64. The lowest BCUT2D eigenvalue weighted by atomic mass is 10.1. The molecule has 0 fully saturated rings. The average molecular weight is 428 g/mol. The Hall–Kier alpha value is -3.33. The van der Waals surface area contributed by atoms with E-state index in [9.17, 15) is 18.0 Å². The van der Waals surface area contributed by atoms with Crippen molar-refractivity contribution < 1.29 is 18.0 Å². The molecule has 2 aromatic carbocycles. The molecule has 152 valence electrons. The predicted molar refractivity (Wildman–Crippen MR) is 108 cm³/mol. The van der Waals surface area contributed by atoms with Gasteiger partial charge >= 0.3 is 6.18 Å². The minimum absolute atomic E-state index is 0.0717. The maximum Gasteiger partial charge on any atom is 0.416 e. The molecule has 0 unspecified atom stereocenters. The van der Waals surface area contributed by atoms with Crippen molar-refractivity contribution in [3.05, 3.63) is 90.1 Å². The number of anilines is 1. The summed E-state index contributed by atoms with van der Waals surface area (Å²) in [6.45, 7) is 0. The van der Waals surface area contributed by atoms with Gasteiger partial charge < -0.3 is 5.32 Å². The molecule has 0 saturated heterocycles. The molecule has 1 atom stereocenters. The number of alkyl halides is 3. The first-order valence-corrected chi connectivity index (χ1v) is 9.79. The highest BCUT2D eigenvalue weighted by molar-refractivity contribution is 8.00. The molecule has 9 heteroatoms. The molecule has 0 spiro atoms. The molecule has 0 bridgehead atoms. The summed E-state index contributed by atoms with van der Waals surface area (Å²) in [6.07, 6.45) is -2.71. The third kappa shape index (κ3) is 4.30. The molecule has 0 radical (unpaired) electrons. The molecule has 30 heavy (non-hydrogen) atoms. The number of fused-ring (bicyclic) bond motifs is 1. The third-order valence-electron chi connectivity index (χ3n) is 4.30. The summed E-state index contributed by atoms with van der Waals surface area (Å²) in [5, 5.41) is 10.6. The van der Waals surface area contributed by atoms with Gasteiger partial charge in [-0.05, 0) is 35.9 Å². The fourth-order valence-electron chi connectivity index (χ4n) is 2.89. The Morgan fingerprint density at radius 1 is 0.967 bits per heavy atom. The lowest BCUT2D eigenvalue weighted by Gasteiger charge is -2.17. The first kappa shape index (κ1) is 20.0. The van der Waals surface area contributed by atoms with Crippen LogP contribution in [-0.2, 0) is 11.0 Å². The number of benzene rings is 2. The van der Waals surface area contributed by atoms with E-state index >= 15 is 0 Å². The number of halogens is 3. The predicted octanol–water partition coefficient (Wildman–Crippen LogP) is 5.22. The van der Waals surface area contributed by atoms with E-state index in [-0.39, 0.29) is 5.69 Å². The third-order valence-corrected chi connectivity index (χ3v) is 5.51. The molecule has 1 amide bonds. The number of amides is 1. The van der Waals surface area contributed by atoms with Crippen LogP contribution < -0.4 is 5.32 Å². The number of thioether (sulfide) groups is 1. The van der Waals surface area contributed by atoms with Crippen molar-refractivity contribution in [2.45, 2.75) is 16.6 Å². The second-order valence-corrected chi connectivity index (χ2v) is 7.46. The number of nitrogens with one attached hydrogen (secondary N) is 1. The quantitative estimate of drug-likeness (QED) is 0.443. The van der Waals surface area contributed by atoms with Crippen LogP contribution in [-0.4, -0.2) is 20.5 Å². The van der Waals surface area contributed by atoms with Crippen LogP contribution in [0.5, 0.6) is 0 Å². The van der Waals surface area contributed by atoms with Crippen molar-refractivity contribution in [2.75, 3.05) is 5.32 Å². The topological polar surface area (TPSA) is 59.3 Å². The number of aromatic nitrogens is 3. The number of rotatable bonds is 5. The van der Waals surface area contributed by atoms with Crippen molar-refractivity contribution in [3.8, 4) is 0 Å². The van der Waals surface area contributed by atoms with Gasteiger partial charge in [-0.15, -0.1) is 10.2 Å². The molecule has 1 N–H and O–H groups in total. The van der Waals surface area contributed by atoms with Crippen LogP contribution in [0.15, 0.2) is 84.1 Å². The SMILES string of the molecule is O=C(Nc1cccc(C(F)(F)F)c1)[C@H](Sc1nnc2ccccn12)c1ccccc1. The molecule has 5 nitrogen and oxygen atoms in total. The van der Waals surface area contributed by atoms with E-state index in [1.54, 1.807) is 40.9 Å². The zero-order valence-corrected chi connectivity index (χ0v) is 16.2. The number of carbonyl (C=O) groups excluding carboxylic acids is 1.